The molecule has 2 aromatic rings. The maximum Gasteiger partial charge on any atom is 0.426 e. The first-order valence-electron chi connectivity index (χ1n) is 7.49. The molecule has 3 nitrogen and oxygen atoms in total. The Morgan fingerprint density at radius 3 is 2.62 bits per heavy atom. The quantitative estimate of drug-likeness (QED) is 0.818. The summed E-state index contributed by atoms with van der Waals surface area (Å²) in [6.07, 6.45) is -3.39. The van der Waals surface area contributed by atoms with Crippen molar-refractivity contribution in [1.82, 2.24) is 4.98 Å². The van der Waals surface area contributed by atoms with Gasteiger partial charge in [0.1, 0.15) is 11.6 Å². The molecule has 1 atom stereocenters. The molecule has 0 amide bonds. The number of hydrogen-bond acceptors (Lipinski definition) is 3. The number of benzene rings is 1. The van der Waals surface area contributed by atoms with Gasteiger partial charge in [0.05, 0.1) is 6.61 Å². The van der Waals surface area contributed by atoms with Crippen molar-refractivity contribution in [1.29, 1.82) is 0 Å². The van der Waals surface area contributed by atoms with Crippen LogP contribution in [0.4, 0.5) is 29.1 Å². The average Bonchev–Trinajstić information content (AvgIpc) is 2.50. The van der Waals surface area contributed by atoms with E-state index in [-0.39, 0.29) is 35.2 Å². The predicted molar refractivity (Wildman–Crippen MR) is 81.5 cm³/mol. The number of ether oxygens (including phenoxy) is 1. The number of nitrogens with one attached hydrogen (secondary N) is 1. The van der Waals surface area contributed by atoms with E-state index in [0.717, 1.165) is 12.1 Å². The van der Waals surface area contributed by atoms with Gasteiger partial charge >= 0.3 is 6.18 Å². The Balaban J connectivity index is 2.31. The minimum Gasteiger partial charge on any atom is -0.356 e. The summed E-state index contributed by atoms with van der Waals surface area (Å²) in [5.41, 5.74) is -3.10. The molecule has 1 N–H and O–H groups in total. The second kappa shape index (κ2) is 5.73. The van der Waals surface area contributed by atoms with E-state index in [1.165, 1.54) is 24.4 Å². The van der Waals surface area contributed by atoms with Crippen LogP contribution in [0.5, 0.6) is 0 Å². The average molecular weight is 340 g/mol. The van der Waals surface area contributed by atoms with Crippen LogP contribution >= 0.6 is 0 Å². The van der Waals surface area contributed by atoms with E-state index in [4.69, 9.17) is 4.74 Å². The van der Waals surface area contributed by atoms with Crippen molar-refractivity contribution in [3.05, 3.63) is 53.5 Å². The first-order valence-corrected chi connectivity index (χ1v) is 7.49. The third-order valence-corrected chi connectivity index (χ3v) is 3.83. The summed E-state index contributed by atoms with van der Waals surface area (Å²) in [5.74, 6) is -0.835. The van der Waals surface area contributed by atoms with E-state index in [9.17, 15) is 17.6 Å². The van der Waals surface area contributed by atoms with Crippen molar-refractivity contribution in [2.24, 2.45) is 5.92 Å². The second-order valence-corrected chi connectivity index (χ2v) is 6.10. The molecule has 0 unspecified atom stereocenters. The minimum absolute atomic E-state index is 0.0534. The molecule has 1 aliphatic rings. The van der Waals surface area contributed by atoms with E-state index in [2.05, 4.69) is 10.3 Å². The van der Waals surface area contributed by atoms with Crippen molar-refractivity contribution in [2.45, 2.75) is 25.6 Å². The third kappa shape index (κ3) is 2.53. The highest BCUT2D eigenvalue weighted by molar-refractivity contribution is 5.73. The molecule has 1 aliphatic heterocycles. The molecule has 24 heavy (non-hydrogen) atoms. The summed E-state index contributed by atoms with van der Waals surface area (Å²) < 4.78 is 61.9. The maximum atomic E-state index is 14.2. The normalized spacial score (nSPS) is 19.6. The van der Waals surface area contributed by atoms with Gasteiger partial charge in [-0.2, -0.15) is 13.2 Å². The van der Waals surface area contributed by atoms with Crippen molar-refractivity contribution in [2.75, 3.05) is 11.9 Å². The summed E-state index contributed by atoms with van der Waals surface area (Å²) >= 11 is 0. The van der Waals surface area contributed by atoms with E-state index in [1.54, 1.807) is 13.8 Å². The fourth-order valence-corrected chi connectivity index (χ4v) is 2.81. The van der Waals surface area contributed by atoms with E-state index < -0.39 is 17.6 Å². The van der Waals surface area contributed by atoms with Crippen LogP contribution in [0, 0.1) is 11.7 Å². The molecule has 0 spiro atoms. The highest BCUT2D eigenvalue weighted by atomic mass is 19.4. The van der Waals surface area contributed by atoms with Crippen LogP contribution in [-0.4, -0.2) is 17.8 Å². The molecule has 7 heteroatoms. The lowest BCUT2D eigenvalue weighted by Crippen LogP contribution is -2.49. The molecule has 0 radical (unpaired) electrons. The van der Waals surface area contributed by atoms with Crippen molar-refractivity contribution >= 4 is 11.5 Å². The van der Waals surface area contributed by atoms with Crippen LogP contribution in [0.15, 0.2) is 36.5 Å². The molecule has 0 aliphatic carbocycles. The Morgan fingerprint density at radius 1 is 1.21 bits per heavy atom. The minimum atomic E-state index is -4.79. The SMILES string of the molecule is CC(C)CO[C@]1(C(F)(F)F)c2cc(F)ccc2Nc2ncccc21. The molecule has 0 fully saturated rings. The van der Waals surface area contributed by atoms with Gasteiger partial charge in [-0.05, 0) is 30.2 Å². The number of pyridine rings is 1. The smallest absolute Gasteiger partial charge is 0.356 e. The fourth-order valence-electron chi connectivity index (χ4n) is 2.81. The van der Waals surface area contributed by atoms with Gasteiger partial charge in [-0.1, -0.05) is 19.9 Å². The Morgan fingerprint density at radius 2 is 1.96 bits per heavy atom. The zero-order chi connectivity index (χ0) is 17.5. The van der Waals surface area contributed by atoms with Crippen LogP contribution in [0.1, 0.15) is 25.0 Å². The molecule has 3 rings (SSSR count). The van der Waals surface area contributed by atoms with Crippen LogP contribution in [0.3, 0.4) is 0 Å². The van der Waals surface area contributed by atoms with Gasteiger partial charge in [0, 0.05) is 23.0 Å². The number of aromatic nitrogens is 1. The molecule has 0 bridgehead atoms. The summed E-state index contributed by atoms with van der Waals surface area (Å²) in [6, 6.07) is 5.94. The Kier molecular flexibility index (Phi) is 3.99. The summed E-state index contributed by atoms with van der Waals surface area (Å²) in [4.78, 5) is 3.99. The molecule has 2 heterocycles. The van der Waals surface area contributed by atoms with Gasteiger partial charge in [-0.25, -0.2) is 9.37 Å². The van der Waals surface area contributed by atoms with E-state index in [0.29, 0.717) is 0 Å². The zero-order valence-electron chi connectivity index (χ0n) is 13.1. The summed E-state index contributed by atoms with van der Waals surface area (Å²) in [7, 11) is 0. The van der Waals surface area contributed by atoms with E-state index >= 15 is 0 Å². The van der Waals surface area contributed by atoms with Gasteiger partial charge in [0.25, 0.3) is 0 Å². The molecular weight excluding hydrogens is 324 g/mol. The number of halogens is 4. The number of fused-ring (bicyclic) bond motifs is 2. The third-order valence-electron chi connectivity index (χ3n) is 3.83. The first kappa shape index (κ1) is 16.7. The maximum absolute atomic E-state index is 14.2. The molecule has 0 saturated heterocycles. The standard InChI is InChI=1S/C17H16F4N2O/c1-10(2)9-24-16(17(19,20)21)12-4-3-7-22-15(12)23-14-6-5-11(18)8-13(14)16/h3-8,10H,9H2,1-2H3,(H,22,23)/t16-/m0/s1. The number of rotatable bonds is 3. The van der Waals surface area contributed by atoms with Crippen LogP contribution < -0.4 is 5.32 Å². The first-order chi connectivity index (χ1) is 11.3. The highest BCUT2D eigenvalue weighted by Crippen LogP contribution is 2.54. The number of alkyl halides is 3. The molecule has 0 saturated carbocycles. The number of anilines is 2. The lowest BCUT2D eigenvalue weighted by Gasteiger charge is -2.41. The van der Waals surface area contributed by atoms with Crippen LogP contribution in [0.25, 0.3) is 0 Å². The summed E-state index contributed by atoms with van der Waals surface area (Å²) in [5, 5.41) is 2.82. The highest BCUT2D eigenvalue weighted by Gasteiger charge is 2.62. The molecule has 128 valence electrons. The Hall–Kier alpha value is -2.15. The molecule has 1 aromatic carbocycles. The number of nitrogens with zero attached hydrogens (tertiary/aromatic N) is 1. The van der Waals surface area contributed by atoms with Gasteiger partial charge in [-0.3, -0.25) is 0 Å². The Bertz CT molecular complexity index is 760. The van der Waals surface area contributed by atoms with E-state index in [1.807, 2.05) is 0 Å². The molecular formula is C17H16F4N2O. The van der Waals surface area contributed by atoms with Gasteiger partial charge < -0.3 is 10.1 Å². The number of hydrogen-bond donors (Lipinski definition) is 1. The van der Waals surface area contributed by atoms with Gasteiger partial charge in [0.15, 0.2) is 0 Å². The lowest BCUT2D eigenvalue weighted by atomic mass is 9.81. The van der Waals surface area contributed by atoms with Gasteiger partial charge in [0.2, 0.25) is 5.60 Å². The predicted octanol–water partition coefficient (Wildman–Crippen LogP) is 4.76. The summed E-state index contributed by atoms with van der Waals surface area (Å²) in [6.45, 7) is 3.37. The van der Waals surface area contributed by atoms with Crippen molar-refractivity contribution < 1.29 is 22.3 Å². The second-order valence-electron chi connectivity index (χ2n) is 6.10. The largest absolute Gasteiger partial charge is 0.426 e. The topological polar surface area (TPSA) is 34.1 Å². The van der Waals surface area contributed by atoms with Crippen LogP contribution in [-0.2, 0) is 10.3 Å². The Labute approximate surface area is 136 Å². The zero-order valence-corrected chi connectivity index (χ0v) is 13.1. The fraction of sp³-hybridized carbons (Fsp3) is 0.353. The molecule has 1 aromatic heterocycles. The lowest BCUT2D eigenvalue weighted by molar-refractivity contribution is -0.269. The van der Waals surface area contributed by atoms with Crippen molar-refractivity contribution in [3.8, 4) is 0 Å². The van der Waals surface area contributed by atoms with Crippen molar-refractivity contribution in [3.63, 3.8) is 0 Å². The monoisotopic (exact) mass is 340 g/mol. The van der Waals surface area contributed by atoms with Gasteiger partial charge in [-0.15, -0.1) is 0 Å². The van der Waals surface area contributed by atoms with Crippen LogP contribution in [0.2, 0.25) is 0 Å².